The molecule has 0 N–H and O–H groups in total. The first kappa shape index (κ1) is 19.7. The van der Waals surface area contributed by atoms with E-state index in [0.29, 0.717) is 34.1 Å². The van der Waals surface area contributed by atoms with Gasteiger partial charge in [0.25, 0.3) is 11.8 Å². The third-order valence-corrected chi connectivity index (χ3v) is 4.54. The van der Waals surface area contributed by atoms with Crippen LogP contribution in [0.15, 0.2) is 36.9 Å². The van der Waals surface area contributed by atoms with Crippen molar-refractivity contribution in [3.8, 4) is 22.9 Å². The number of halogens is 3. The van der Waals surface area contributed by atoms with Crippen molar-refractivity contribution in [2.45, 2.75) is 19.3 Å². The van der Waals surface area contributed by atoms with E-state index in [9.17, 15) is 18.0 Å². The Bertz CT molecular complexity index is 1110. The van der Waals surface area contributed by atoms with Gasteiger partial charge in [-0.05, 0) is 18.2 Å². The van der Waals surface area contributed by atoms with Gasteiger partial charge in [0.1, 0.15) is 6.54 Å². The summed E-state index contributed by atoms with van der Waals surface area (Å²) in [5, 5.41) is 0. The Hall–Kier alpha value is -3.63. The number of amides is 1. The number of hydrogen-bond donors (Lipinski definition) is 0. The van der Waals surface area contributed by atoms with Gasteiger partial charge in [-0.25, -0.2) is 9.97 Å². The Kier molecular flexibility index (Phi) is 4.80. The number of carbonyl (C=O) groups excluding carboxylic acids is 1. The number of aromatic nitrogens is 4. The standard InChI is InChI=1S/C19H16F3N5O3/c1-29-15-5-11(6-23-17(15)30-2)13-4-3-12-14(25-13)7-27(18(12)28)16-8-26(10-24-16)9-19(20,21)22/h3-6,8,10H,7,9H2,1-2H3. The monoisotopic (exact) mass is 419 g/mol. The number of hydrogen-bond acceptors (Lipinski definition) is 6. The van der Waals surface area contributed by atoms with Crippen molar-refractivity contribution in [3.05, 3.63) is 48.2 Å². The van der Waals surface area contributed by atoms with E-state index in [2.05, 4.69) is 15.0 Å². The number of carbonyl (C=O) groups is 1. The largest absolute Gasteiger partial charge is 0.491 e. The second-order valence-electron chi connectivity index (χ2n) is 6.54. The molecule has 1 aliphatic rings. The lowest BCUT2D eigenvalue weighted by Crippen LogP contribution is -2.23. The van der Waals surface area contributed by atoms with Crippen molar-refractivity contribution in [3.63, 3.8) is 0 Å². The molecule has 0 spiro atoms. The van der Waals surface area contributed by atoms with E-state index in [0.717, 1.165) is 10.9 Å². The van der Waals surface area contributed by atoms with Gasteiger partial charge >= 0.3 is 6.18 Å². The number of nitrogens with zero attached hydrogens (tertiary/aromatic N) is 5. The first-order chi connectivity index (χ1) is 14.3. The van der Waals surface area contributed by atoms with Crippen LogP contribution in [0.3, 0.4) is 0 Å². The summed E-state index contributed by atoms with van der Waals surface area (Å²) < 4.78 is 49.0. The third-order valence-electron chi connectivity index (χ3n) is 4.54. The van der Waals surface area contributed by atoms with Gasteiger partial charge in [0.15, 0.2) is 11.6 Å². The van der Waals surface area contributed by atoms with Gasteiger partial charge in [-0.15, -0.1) is 0 Å². The van der Waals surface area contributed by atoms with Gasteiger partial charge in [0.05, 0.1) is 44.0 Å². The van der Waals surface area contributed by atoms with E-state index < -0.39 is 12.7 Å². The summed E-state index contributed by atoms with van der Waals surface area (Å²) in [6.07, 6.45) is -0.563. The highest BCUT2D eigenvalue weighted by Crippen LogP contribution is 2.32. The summed E-state index contributed by atoms with van der Waals surface area (Å²) in [6, 6.07) is 5.02. The Labute approximate surface area is 168 Å². The maximum atomic E-state index is 12.7. The van der Waals surface area contributed by atoms with Gasteiger partial charge in [-0.2, -0.15) is 13.2 Å². The molecule has 0 radical (unpaired) electrons. The third kappa shape index (κ3) is 3.65. The molecule has 0 bridgehead atoms. The second kappa shape index (κ2) is 7.32. The number of alkyl halides is 3. The molecule has 0 aromatic carbocycles. The van der Waals surface area contributed by atoms with Gasteiger partial charge < -0.3 is 14.0 Å². The van der Waals surface area contributed by atoms with E-state index in [1.54, 1.807) is 24.4 Å². The lowest BCUT2D eigenvalue weighted by atomic mass is 10.1. The van der Waals surface area contributed by atoms with Crippen molar-refractivity contribution in [1.29, 1.82) is 0 Å². The molecule has 30 heavy (non-hydrogen) atoms. The predicted octanol–water partition coefficient (Wildman–Crippen LogP) is 3.08. The highest BCUT2D eigenvalue weighted by molar-refractivity contribution is 6.09. The lowest BCUT2D eigenvalue weighted by molar-refractivity contribution is -0.140. The number of fused-ring (bicyclic) bond motifs is 1. The fourth-order valence-electron chi connectivity index (χ4n) is 3.18. The Balaban J connectivity index is 1.60. The number of methoxy groups -OCH3 is 2. The van der Waals surface area contributed by atoms with Crippen LogP contribution in [0, 0.1) is 0 Å². The topological polar surface area (TPSA) is 82.4 Å². The Morgan fingerprint density at radius 2 is 1.97 bits per heavy atom. The van der Waals surface area contributed by atoms with E-state index in [1.807, 2.05) is 0 Å². The molecule has 0 atom stereocenters. The average Bonchev–Trinajstić information content (AvgIpc) is 3.29. The molecule has 0 aliphatic carbocycles. The van der Waals surface area contributed by atoms with E-state index >= 15 is 0 Å². The van der Waals surface area contributed by atoms with Crippen molar-refractivity contribution < 1.29 is 27.4 Å². The molecule has 0 saturated carbocycles. The Morgan fingerprint density at radius 1 is 1.17 bits per heavy atom. The van der Waals surface area contributed by atoms with E-state index in [4.69, 9.17) is 9.47 Å². The molecular weight excluding hydrogens is 403 g/mol. The minimum atomic E-state index is -4.38. The summed E-state index contributed by atoms with van der Waals surface area (Å²) >= 11 is 0. The lowest BCUT2D eigenvalue weighted by Gasteiger charge is -2.11. The fourth-order valence-corrected chi connectivity index (χ4v) is 3.18. The van der Waals surface area contributed by atoms with Gasteiger partial charge in [-0.1, -0.05) is 0 Å². The molecule has 1 aliphatic heterocycles. The van der Waals surface area contributed by atoms with Gasteiger partial charge in [0, 0.05) is 18.0 Å². The second-order valence-corrected chi connectivity index (χ2v) is 6.54. The summed E-state index contributed by atoms with van der Waals surface area (Å²) in [4.78, 5) is 26.6. The van der Waals surface area contributed by atoms with Gasteiger partial charge in [0.2, 0.25) is 0 Å². The molecule has 3 aromatic rings. The highest BCUT2D eigenvalue weighted by Gasteiger charge is 2.33. The molecule has 4 rings (SSSR count). The van der Waals surface area contributed by atoms with Crippen LogP contribution >= 0.6 is 0 Å². The zero-order valence-corrected chi connectivity index (χ0v) is 16.0. The van der Waals surface area contributed by atoms with Crippen molar-refractivity contribution in [2.75, 3.05) is 19.1 Å². The number of pyridine rings is 2. The zero-order chi connectivity index (χ0) is 21.5. The summed E-state index contributed by atoms with van der Waals surface area (Å²) in [5.74, 6) is 0.534. The van der Waals surface area contributed by atoms with Gasteiger partial charge in [-0.3, -0.25) is 14.7 Å². The number of rotatable bonds is 5. The molecule has 4 heterocycles. The van der Waals surface area contributed by atoms with Crippen LogP contribution in [0.1, 0.15) is 16.1 Å². The minimum absolute atomic E-state index is 0.103. The summed E-state index contributed by atoms with van der Waals surface area (Å²) in [5.41, 5.74) is 2.10. The predicted molar refractivity (Wildman–Crippen MR) is 99.4 cm³/mol. The van der Waals surface area contributed by atoms with Crippen LogP contribution in [0.25, 0.3) is 11.3 Å². The fraction of sp³-hybridized carbons (Fsp3) is 0.263. The molecule has 0 unspecified atom stereocenters. The molecule has 3 aromatic heterocycles. The maximum Gasteiger partial charge on any atom is 0.406 e. The molecule has 1 amide bonds. The molecule has 11 heteroatoms. The molecule has 8 nitrogen and oxygen atoms in total. The van der Waals surface area contributed by atoms with Crippen LogP contribution in [0.4, 0.5) is 19.0 Å². The maximum absolute atomic E-state index is 12.7. The summed E-state index contributed by atoms with van der Waals surface area (Å²) in [7, 11) is 2.97. The summed E-state index contributed by atoms with van der Waals surface area (Å²) in [6.45, 7) is -1.07. The van der Waals surface area contributed by atoms with Crippen LogP contribution in [-0.4, -0.2) is 45.8 Å². The molecule has 0 fully saturated rings. The molecule has 156 valence electrons. The smallest absolute Gasteiger partial charge is 0.406 e. The van der Waals surface area contributed by atoms with Crippen LogP contribution in [0.5, 0.6) is 11.6 Å². The first-order valence-corrected chi connectivity index (χ1v) is 8.78. The SMILES string of the molecule is COc1cc(-c2ccc3c(n2)CN(c2cn(CC(F)(F)F)cn2)C3=O)cnc1OC. The number of imidazole rings is 1. The molecular formula is C19H16F3N5O3. The first-order valence-electron chi connectivity index (χ1n) is 8.78. The quantitative estimate of drug-likeness (QED) is 0.632. The average molecular weight is 419 g/mol. The highest BCUT2D eigenvalue weighted by atomic mass is 19.4. The van der Waals surface area contributed by atoms with Crippen molar-refractivity contribution in [2.24, 2.45) is 0 Å². The van der Waals surface area contributed by atoms with Crippen LogP contribution < -0.4 is 14.4 Å². The minimum Gasteiger partial charge on any atom is -0.491 e. The Morgan fingerprint density at radius 3 is 2.67 bits per heavy atom. The van der Waals surface area contributed by atoms with Crippen molar-refractivity contribution in [1.82, 2.24) is 19.5 Å². The van der Waals surface area contributed by atoms with E-state index in [1.165, 1.54) is 25.3 Å². The van der Waals surface area contributed by atoms with E-state index in [-0.39, 0.29) is 18.3 Å². The molecule has 0 saturated heterocycles. The van der Waals surface area contributed by atoms with Crippen LogP contribution in [-0.2, 0) is 13.1 Å². The normalized spacial score (nSPS) is 13.5. The zero-order valence-electron chi connectivity index (χ0n) is 16.0. The number of anilines is 1. The van der Waals surface area contributed by atoms with Crippen molar-refractivity contribution >= 4 is 11.7 Å². The number of ether oxygens (including phenoxy) is 2. The van der Waals surface area contributed by atoms with Crippen LogP contribution in [0.2, 0.25) is 0 Å².